The molecule has 5 heteroatoms. The van der Waals surface area contributed by atoms with E-state index in [9.17, 15) is 9.90 Å². The molecule has 82 valence electrons. The Morgan fingerprint density at radius 1 is 1.60 bits per heavy atom. The number of nitrogens with two attached hydrogens (primary N) is 2. The highest BCUT2D eigenvalue weighted by Crippen LogP contribution is 2.21. The molecule has 15 heavy (non-hydrogen) atoms. The molecule has 1 rings (SSSR count). The number of benzene rings is 1. The molecule has 0 aliphatic rings. The van der Waals surface area contributed by atoms with Crippen molar-refractivity contribution in [2.75, 3.05) is 17.6 Å². The normalized spacial score (nSPS) is 12.1. The third-order valence-corrected chi connectivity index (χ3v) is 2.14. The van der Waals surface area contributed by atoms with Gasteiger partial charge >= 0.3 is 0 Å². The van der Waals surface area contributed by atoms with Gasteiger partial charge in [0.2, 0.25) is 5.91 Å². The number of rotatable bonds is 4. The van der Waals surface area contributed by atoms with Crippen molar-refractivity contribution < 1.29 is 9.90 Å². The number of aryl methyl sites for hydroxylation is 1. The van der Waals surface area contributed by atoms with Gasteiger partial charge in [-0.2, -0.15) is 0 Å². The largest absolute Gasteiger partial charge is 0.397 e. The summed E-state index contributed by atoms with van der Waals surface area (Å²) in [5.41, 5.74) is 12.9. The van der Waals surface area contributed by atoms with Crippen molar-refractivity contribution in [2.24, 2.45) is 5.73 Å². The van der Waals surface area contributed by atoms with Gasteiger partial charge in [0.05, 0.1) is 11.4 Å². The molecular formula is C10H15N3O2. The fourth-order valence-electron chi connectivity index (χ4n) is 1.14. The van der Waals surface area contributed by atoms with Crippen LogP contribution in [-0.4, -0.2) is 23.7 Å². The minimum atomic E-state index is -1.20. The van der Waals surface area contributed by atoms with E-state index in [2.05, 4.69) is 5.32 Å². The van der Waals surface area contributed by atoms with Crippen LogP contribution in [0.3, 0.4) is 0 Å². The average molecular weight is 209 g/mol. The molecule has 0 radical (unpaired) electrons. The van der Waals surface area contributed by atoms with Crippen molar-refractivity contribution in [1.29, 1.82) is 0 Å². The number of carbonyl (C=O) groups is 1. The number of aliphatic hydroxyl groups excluding tert-OH is 1. The molecule has 0 saturated heterocycles. The molecule has 0 spiro atoms. The van der Waals surface area contributed by atoms with Crippen LogP contribution < -0.4 is 16.8 Å². The lowest BCUT2D eigenvalue weighted by Gasteiger charge is -2.12. The zero-order chi connectivity index (χ0) is 11.4. The predicted octanol–water partition coefficient (Wildman–Crippen LogP) is -0.165. The molecule has 0 aromatic heterocycles. The minimum absolute atomic E-state index is 0.0585. The number of hydrogen-bond donors (Lipinski definition) is 4. The van der Waals surface area contributed by atoms with Gasteiger partial charge in [-0.1, -0.05) is 12.1 Å². The van der Waals surface area contributed by atoms with Crippen LogP contribution in [0.2, 0.25) is 0 Å². The molecule has 1 aromatic carbocycles. The van der Waals surface area contributed by atoms with Gasteiger partial charge in [-0.15, -0.1) is 0 Å². The third kappa shape index (κ3) is 2.85. The number of primary amides is 1. The van der Waals surface area contributed by atoms with E-state index in [0.717, 1.165) is 5.56 Å². The van der Waals surface area contributed by atoms with E-state index in [0.29, 0.717) is 11.4 Å². The molecule has 0 aliphatic carbocycles. The van der Waals surface area contributed by atoms with Gasteiger partial charge in [0.1, 0.15) is 6.10 Å². The average Bonchev–Trinajstić information content (AvgIpc) is 2.19. The van der Waals surface area contributed by atoms with Crippen LogP contribution in [-0.2, 0) is 4.79 Å². The summed E-state index contributed by atoms with van der Waals surface area (Å²) in [5, 5.41) is 12.0. The standard InChI is InChI=1S/C10H15N3O2/c1-6-3-2-4-7(9(6)11)13-5-8(14)10(12)15/h2-4,8,13-14H,5,11H2,1H3,(H2,12,15). The maximum absolute atomic E-state index is 10.6. The van der Waals surface area contributed by atoms with Crippen LogP contribution in [0.1, 0.15) is 5.56 Å². The second-order valence-corrected chi connectivity index (χ2v) is 3.34. The van der Waals surface area contributed by atoms with Crippen molar-refractivity contribution in [1.82, 2.24) is 0 Å². The van der Waals surface area contributed by atoms with Gasteiger partial charge < -0.3 is 21.9 Å². The summed E-state index contributed by atoms with van der Waals surface area (Å²) in [4.78, 5) is 10.6. The van der Waals surface area contributed by atoms with Crippen LogP contribution in [0.5, 0.6) is 0 Å². The van der Waals surface area contributed by atoms with E-state index in [1.807, 2.05) is 19.1 Å². The van der Waals surface area contributed by atoms with Crippen molar-refractivity contribution in [2.45, 2.75) is 13.0 Å². The first-order valence-electron chi connectivity index (χ1n) is 4.58. The van der Waals surface area contributed by atoms with Gasteiger partial charge in [-0.25, -0.2) is 0 Å². The number of aliphatic hydroxyl groups is 1. The topological polar surface area (TPSA) is 101 Å². The second kappa shape index (κ2) is 4.65. The molecule has 1 amide bonds. The summed E-state index contributed by atoms with van der Waals surface area (Å²) in [6.45, 7) is 1.94. The Kier molecular flexibility index (Phi) is 3.51. The van der Waals surface area contributed by atoms with Gasteiger partial charge in [0.15, 0.2) is 0 Å². The number of nitrogen functional groups attached to an aromatic ring is 1. The lowest BCUT2D eigenvalue weighted by atomic mass is 10.1. The number of carbonyl (C=O) groups excluding carboxylic acids is 1. The Morgan fingerprint density at radius 3 is 2.87 bits per heavy atom. The lowest BCUT2D eigenvalue weighted by Crippen LogP contribution is -2.34. The van der Waals surface area contributed by atoms with Crippen molar-refractivity contribution >= 4 is 17.3 Å². The molecule has 0 fully saturated rings. The number of nitrogens with one attached hydrogen (secondary N) is 1. The fraction of sp³-hybridized carbons (Fsp3) is 0.300. The Morgan fingerprint density at radius 2 is 2.27 bits per heavy atom. The van der Waals surface area contributed by atoms with Crippen molar-refractivity contribution in [3.63, 3.8) is 0 Å². The summed E-state index contributed by atoms with van der Waals surface area (Å²) < 4.78 is 0. The highest BCUT2D eigenvalue weighted by Gasteiger charge is 2.10. The van der Waals surface area contributed by atoms with Crippen LogP contribution in [0.15, 0.2) is 18.2 Å². The van der Waals surface area contributed by atoms with Crippen molar-refractivity contribution in [3.8, 4) is 0 Å². The highest BCUT2D eigenvalue weighted by molar-refractivity contribution is 5.79. The number of amides is 1. The minimum Gasteiger partial charge on any atom is -0.397 e. The van der Waals surface area contributed by atoms with Crippen LogP contribution >= 0.6 is 0 Å². The van der Waals surface area contributed by atoms with Crippen LogP contribution in [0.4, 0.5) is 11.4 Å². The van der Waals surface area contributed by atoms with Gasteiger partial charge in [0.25, 0.3) is 0 Å². The van der Waals surface area contributed by atoms with Gasteiger partial charge in [0, 0.05) is 6.54 Å². The summed E-state index contributed by atoms with van der Waals surface area (Å²) >= 11 is 0. The Balaban J connectivity index is 2.66. The molecule has 1 aromatic rings. The fourth-order valence-corrected chi connectivity index (χ4v) is 1.14. The van der Waals surface area contributed by atoms with E-state index < -0.39 is 12.0 Å². The molecular weight excluding hydrogens is 194 g/mol. The Bertz CT molecular complexity index is 366. The van der Waals surface area contributed by atoms with Gasteiger partial charge in [-0.05, 0) is 18.6 Å². The predicted molar refractivity (Wildman–Crippen MR) is 59.3 cm³/mol. The molecule has 6 N–H and O–H groups in total. The summed E-state index contributed by atoms with van der Waals surface area (Å²) in [7, 11) is 0. The van der Waals surface area contributed by atoms with Gasteiger partial charge in [-0.3, -0.25) is 4.79 Å². The smallest absolute Gasteiger partial charge is 0.248 e. The quantitative estimate of drug-likeness (QED) is 0.517. The first-order chi connectivity index (χ1) is 7.02. The Labute approximate surface area is 88.1 Å². The molecule has 1 atom stereocenters. The molecule has 1 unspecified atom stereocenters. The van der Waals surface area contributed by atoms with Crippen LogP contribution in [0.25, 0.3) is 0 Å². The third-order valence-electron chi connectivity index (χ3n) is 2.14. The van der Waals surface area contributed by atoms with Crippen LogP contribution in [0, 0.1) is 6.92 Å². The first-order valence-corrected chi connectivity index (χ1v) is 4.58. The number of para-hydroxylation sites is 1. The SMILES string of the molecule is Cc1cccc(NCC(O)C(N)=O)c1N. The molecule has 0 aliphatic heterocycles. The number of anilines is 2. The van der Waals surface area contributed by atoms with Crippen molar-refractivity contribution in [3.05, 3.63) is 23.8 Å². The van der Waals surface area contributed by atoms with E-state index in [4.69, 9.17) is 11.5 Å². The molecule has 0 saturated carbocycles. The molecule has 0 bridgehead atoms. The van der Waals surface area contributed by atoms with E-state index in [-0.39, 0.29) is 6.54 Å². The monoisotopic (exact) mass is 209 g/mol. The first kappa shape index (κ1) is 11.3. The maximum Gasteiger partial charge on any atom is 0.248 e. The van der Waals surface area contributed by atoms with E-state index in [1.165, 1.54) is 0 Å². The van der Waals surface area contributed by atoms with E-state index in [1.54, 1.807) is 6.07 Å². The lowest BCUT2D eigenvalue weighted by molar-refractivity contribution is -0.125. The molecule has 5 nitrogen and oxygen atoms in total. The van der Waals surface area contributed by atoms with E-state index >= 15 is 0 Å². The number of hydrogen-bond acceptors (Lipinski definition) is 4. The zero-order valence-corrected chi connectivity index (χ0v) is 8.53. The zero-order valence-electron chi connectivity index (χ0n) is 8.53. The highest BCUT2D eigenvalue weighted by atomic mass is 16.3. The maximum atomic E-state index is 10.6. The summed E-state index contributed by atoms with van der Waals surface area (Å²) in [6.07, 6.45) is -1.20. The molecule has 0 heterocycles. The summed E-state index contributed by atoms with van der Waals surface area (Å²) in [6, 6.07) is 5.49. The Hall–Kier alpha value is -1.75. The second-order valence-electron chi connectivity index (χ2n) is 3.34. The summed E-state index contributed by atoms with van der Waals surface area (Å²) in [5.74, 6) is -0.756.